The van der Waals surface area contributed by atoms with Crippen molar-refractivity contribution >= 4 is 23.2 Å². The van der Waals surface area contributed by atoms with Gasteiger partial charge in [-0.3, -0.25) is 10.4 Å². The highest BCUT2D eigenvalue weighted by Crippen LogP contribution is 2.16. The van der Waals surface area contributed by atoms with Crippen molar-refractivity contribution in [3.05, 3.63) is 23.5 Å². The van der Waals surface area contributed by atoms with E-state index in [4.69, 9.17) is 11.8 Å². The first kappa shape index (κ1) is 11.6. The van der Waals surface area contributed by atoms with Gasteiger partial charge in [-0.25, -0.2) is 0 Å². The van der Waals surface area contributed by atoms with Crippen molar-refractivity contribution in [2.24, 2.45) is 0 Å². The van der Waals surface area contributed by atoms with E-state index in [9.17, 15) is 0 Å². The Balaban J connectivity index is 3.04. The Labute approximate surface area is 94.2 Å². The lowest BCUT2D eigenvalue weighted by molar-refractivity contribution is 1.19. The van der Waals surface area contributed by atoms with Crippen LogP contribution in [0.3, 0.4) is 0 Å². The molecule has 0 aliphatic rings. The Morgan fingerprint density at radius 1 is 1.73 bits per heavy atom. The van der Waals surface area contributed by atoms with Gasteiger partial charge < -0.3 is 5.32 Å². The Bertz CT molecular complexity index is 407. The van der Waals surface area contributed by atoms with Gasteiger partial charge >= 0.3 is 0 Å². The van der Waals surface area contributed by atoms with Gasteiger partial charge in [0, 0.05) is 23.1 Å². The third-order valence-electron chi connectivity index (χ3n) is 1.86. The molecule has 0 radical (unpaired) electrons. The van der Waals surface area contributed by atoms with Gasteiger partial charge in [0.15, 0.2) is 0 Å². The van der Waals surface area contributed by atoms with Gasteiger partial charge in [0.05, 0.1) is 5.88 Å². The molecule has 0 saturated carbocycles. The van der Waals surface area contributed by atoms with E-state index < -0.39 is 0 Å². The zero-order valence-electron chi connectivity index (χ0n) is 8.79. The van der Waals surface area contributed by atoms with E-state index in [0.717, 1.165) is 17.3 Å². The van der Waals surface area contributed by atoms with E-state index in [1.807, 2.05) is 19.2 Å². The lowest BCUT2D eigenvalue weighted by Gasteiger charge is -2.09. The molecule has 0 amide bonds. The summed E-state index contributed by atoms with van der Waals surface area (Å²) < 4.78 is 0. The molecule has 15 heavy (non-hydrogen) atoms. The third-order valence-corrected chi connectivity index (χ3v) is 2.29. The molecule has 3 nitrogen and oxygen atoms in total. The number of nitrogens with zero attached hydrogens (tertiary/aromatic N) is 1. The van der Waals surface area contributed by atoms with Gasteiger partial charge in [-0.2, -0.15) is 0 Å². The molecule has 0 unspecified atom stereocenters. The quantitative estimate of drug-likeness (QED) is 0.463. The monoisotopic (exact) mass is 219 g/mol. The first-order chi connectivity index (χ1) is 7.19. The zero-order chi connectivity index (χ0) is 11.3. The average molecular weight is 219 g/mol. The van der Waals surface area contributed by atoms with Gasteiger partial charge in [-0.05, 0) is 19.2 Å². The SMILES string of the molecule is C#CC(=N)c1cnc(C)cc1NCSC. The van der Waals surface area contributed by atoms with E-state index in [2.05, 4.69) is 16.2 Å². The van der Waals surface area contributed by atoms with E-state index in [1.165, 1.54) is 0 Å². The first-order valence-electron chi connectivity index (χ1n) is 4.44. The van der Waals surface area contributed by atoms with Crippen LogP contribution < -0.4 is 5.32 Å². The summed E-state index contributed by atoms with van der Waals surface area (Å²) in [6, 6.07) is 1.90. The van der Waals surface area contributed by atoms with E-state index >= 15 is 0 Å². The van der Waals surface area contributed by atoms with Crippen LogP contribution in [0.4, 0.5) is 5.69 Å². The normalized spacial score (nSPS) is 9.40. The molecule has 0 atom stereocenters. The summed E-state index contributed by atoms with van der Waals surface area (Å²) in [6.07, 6.45) is 8.85. The Morgan fingerprint density at radius 2 is 2.47 bits per heavy atom. The Kier molecular flexibility index (Phi) is 4.19. The second-order valence-electron chi connectivity index (χ2n) is 3.00. The molecule has 78 valence electrons. The van der Waals surface area contributed by atoms with Crippen LogP contribution in [0.15, 0.2) is 12.3 Å². The van der Waals surface area contributed by atoms with Gasteiger partial charge in [-0.15, -0.1) is 18.2 Å². The van der Waals surface area contributed by atoms with Crippen molar-refractivity contribution in [3.63, 3.8) is 0 Å². The third kappa shape index (κ3) is 3.00. The lowest BCUT2D eigenvalue weighted by Crippen LogP contribution is -2.06. The first-order valence-corrected chi connectivity index (χ1v) is 5.83. The molecule has 0 fully saturated rings. The molecule has 1 aromatic heterocycles. The van der Waals surface area contributed by atoms with E-state index in [-0.39, 0.29) is 5.71 Å². The number of hydrogen-bond donors (Lipinski definition) is 2. The van der Waals surface area contributed by atoms with Crippen molar-refractivity contribution in [2.75, 3.05) is 17.4 Å². The molecule has 0 aliphatic carbocycles. The van der Waals surface area contributed by atoms with Crippen molar-refractivity contribution < 1.29 is 0 Å². The standard InChI is InChI=1S/C11H13N3S/c1-4-10(12)9-6-13-8(2)5-11(9)14-7-15-3/h1,5-6,12H,7H2,2-3H3,(H,13,14). The summed E-state index contributed by atoms with van der Waals surface area (Å²) in [4.78, 5) is 4.13. The molecule has 2 N–H and O–H groups in total. The molecule has 0 saturated heterocycles. The fourth-order valence-corrected chi connectivity index (χ4v) is 1.43. The minimum absolute atomic E-state index is 0.158. The topological polar surface area (TPSA) is 48.8 Å². The Morgan fingerprint density at radius 3 is 3.07 bits per heavy atom. The highest BCUT2D eigenvalue weighted by atomic mass is 32.2. The number of anilines is 1. The average Bonchev–Trinajstić information content (AvgIpc) is 2.25. The van der Waals surface area contributed by atoms with Crippen molar-refractivity contribution in [1.82, 2.24) is 4.98 Å². The van der Waals surface area contributed by atoms with Crippen LogP contribution >= 0.6 is 11.8 Å². The van der Waals surface area contributed by atoms with Crippen LogP contribution in [0, 0.1) is 24.7 Å². The van der Waals surface area contributed by atoms with Gasteiger partial charge in [0.25, 0.3) is 0 Å². The summed E-state index contributed by atoms with van der Waals surface area (Å²) in [6.45, 7) is 1.91. The molecule has 1 rings (SSSR count). The van der Waals surface area contributed by atoms with Crippen LogP contribution in [0.1, 0.15) is 11.3 Å². The van der Waals surface area contributed by atoms with E-state index in [0.29, 0.717) is 5.56 Å². The van der Waals surface area contributed by atoms with Crippen LogP contribution in [-0.4, -0.2) is 22.8 Å². The molecule has 0 spiro atoms. The predicted octanol–water partition coefficient (Wildman–Crippen LogP) is 2.12. The minimum atomic E-state index is 0.158. The number of nitrogens with one attached hydrogen (secondary N) is 2. The lowest BCUT2D eigenvalue weighted by atomic mass is 10.1. The fraction of sp³-hybridized carbons (Fsp3) is 0.273. The van der Waals surface area contributed by atoms with Crippen molar-refractivity contribution in [2.45, 2.75) is 6.92 Å². The van der Waals surface area contributed by atoms with Gasteiger partial charge in [0.1, 0.15) is 5.71 Å². The maximum Gasteiger partial charge on any atom is 0.115 e. The highest BCUT2D eigenvalue weighted by molar-refractivity contribution is 7.98. The Hall–Kier alpha value is -1.47. The maximum atomic E-state index is 7.60. The molecule has 4 heteroatoms. The minimum Gasteiger partial charge on any atom is -0.375 e. The molecular weight excluding hydrogens is 206 g/mol. The summed E-state index contributed by atoms with van der Waals surface area (Å²) in [5, 5.41) is 10.8. The summed E-state index contributed by atoms with van der Waals surface area (Å²) in [5.41, 5.74) is 2.62. The maximum absolute atomic E-state index is 7.60. The molecule has 0 bridgehead atoms. The predicted molar refractivity (Wildman–Crippen MR) is 66.6 cm³/mol. The van der Waals surface area contributed by atoms with Crippen LogP contribution in [0.5, 0.6) is 0 Å². The van der Waals surface area contributed by atoms with E-state index in [1.54, 1.807) is 18.0 Å². The second kappa shape index (κ2) is 5.42. The molecule has 1 heterocycles. The number of terminal acetylenes is 1. The van der Waals surface area contributed by atoms with Gasteiger partial charge in [-0.1, -0.05) is 5.92 Å². The number of pyridine rings is 1. The summed E-state index contributed by atoms with van der Waals surface area (Å²) in [7, 11) is 0. The molecule has 0 aromatic carbocycles. The zero-order valence-corrected chi connectivity index (χ0v) is 9.61. The number of rotatable bonds is 4. The smallest absolute Gasteiger partial charge is 0.115 e. The summed E-state index contributed by atoms with van der Waals surface area (Å²) in [5.74, 6) is 3.10. The van der Waals surface area contributed by atoms with Crippen LogP contribution in [0.25, 0.3) is 0 Å². The molecule has 1 aromatic rings. The number of hydrogen-bond acceptors (Lipinski definition) is 4. The summed E-state index contributed by atoms with van der Waals surface area (Å²) >= 11 is 1.68. The van der Waals surface area contributed by atoms with Crippen LogP contribution in [0.2, 0.25) is 0 Å². The fourth-order valence-electron chi connectivity index (χ4n) is 1.13. The number of aromatic nitrogens is 1. The number of aryl methyl sites for hydroxylation is 1. The van der Waals surface area contributed by atoms with Crippen molar-refractivity contribution in [1.29, 1.82) is 5.41 Å². The second-order valence-corrected chi connectivity index (χ2v) is 3.87. The molecule has 0 aliphatic heterocycles. The largest absolute Gasteiger partial charge is 0.375 e. The van der Waals surface area contributed by atoms with Crippen LogP contribution in [-0.2, 0) is 0 Å². The van der Waals surface area contributed by atoms with Crippen molar-refractivity contribution in [3.8, 4) is 12.3 Å². The molecular formula is C11H13N3S. The van der Waals surface area contributed by atoms with Gasteiger partial charge in [0.2, 0.25) is 0 Å². The highest BCUT2D eigenvalue weighted by Gasteiger charge is 2.06. The number of thioether (sulfide) groups is 1.